The van der Waals surface area contributed by atoms with Crippen molar-refractivity contribution in [1.82, 2.24) is 14.9 Å². The monoisotopic (exact) mass is 368 g/mol. The van der Waals surface area contributed by atoms with Crippen molar-refractivity contribution in [3.05, 3.63) is 39.4 Å². The lowest BCUT2D eigenvalue weighted by molar-refractivity contribution is -0.0507. The van der Waals surface area contributed by atoms with E-state index in [1.807, 2.05) is 0 Å². The first-order chi connectivity index (χ1) is 12.0. The summed E-state index contributed by atoms with van der Waals surface area (Å²) in [6, 6.07) is 3.45. The van der Waals surface area contributed by atoms with Crippen LogP contribution in [0.15, 0.2) is 17.2 Å². The summed E-state index contributed by atoms with van der Waals surface area (Å²) in [5.74, 6) is 0.817. The topological polar surface area (TPSA) is 64.4 Å². The fourth-order valence-corrected chi connectivity index (χ4v) is 3.05. The molecule has 6 nitrogen and oxygen atoms in total. The average Bonchev–Trinajstić information content (AvgIpc) is 3.18. The molecule has 0 aliphatic carbocycles. The van der Waals surface area contributed by atoms with Crippen LogP contribution < -0.4 is 4.74 Å². The molecule has 1 aliphatic heterocycles. The number of hydrogen-bond donors (Lipinski definition) is 1. The lowest BCUT2D eigenvalue weighted by Gasteiger charge is -2.12. The van der Waals surface area contributed by atoms with Crippen molar-refractivity contribution in [3.63, 3.8) is 0 Å². The first-order valence-electron chi connectivity index (χ1n) is 7.85. The number of benzene rings is 1. The summed E-state index contributed by atoms with van der Waals surface area (Å²) >= 11 is 5.22. The van der Waals surface area contributed by atoms with Gasteiger partial charge in [0.05, 0.1) is 6.21 Å². The van der Waals surface area contributed by atoms with Crippen LogP contribution in [-0.2, 0) is 4.74 Å². The molecule has 134 valence electrons. The minimum Gasteiger partial charge on any atom is -0.434 e. The summed E-state index contributed by atoms with van der Waals surface area (Å²) < 4.78 is 37.0. The molecule has 0 radical (unpaired) electrons. The molecule has 1 aliphatic rings. The van der Waals surface area contributed by atoms with Crippen LogP contribution in [0.25, 0.3) is 0 Å². The normalized spacial score (nSPS) is 17.7. The van der Waals surface area contributed by atoms with Crippen LogP contribution in [0.5, 0.6) is 5.75 Å². The number of aromatic nitrogens is 3. The Morgan fingerprint density at radius 1 is 1.44 bits per heavy atom. The van der Waals surface area contributed by atoms with Crippen molar-refractivity contribution in [2.75, 3.05) is 6.61 Å². The van der Waals surface area contributed by atoms with E-state index in [1.54, 1.807) is 32.2 Å². The average molecular weight is 368 g/mol. The van der Waals surface area contributed by atoms with Crippen molar-refractivity contribution in [3.8, 4) is 5.75 Å². The minimum atomic E-state index is -2.85. The standard InChI is InChI=1S/C16H18F2N4O2S/c1-9-6-11(7-10(2)13(9)24-15(17)18)8-19-22-14(20-21-16(22)25)12-4-3-5-23-12/h6-8,12,15H,3-5H2,1-2H3,(H,21,25)/b19-8-/t12-/m0/s1. The number of nitrogens with one attached hydrogen (secondary N) is 1. The molecule has 1 aromatic carbocycles. The number of hydrogen-bond acceptors (Lipinski definition) is 5. The SMILES string of the molecule is Cc1cc(/C=N\n2c([C@@H]3CCCO3)n[nH]c2=S)cc(C)c1OC(F)F. The highest BCUT2D eigenvalue weighted by Crippen LogP contribution is 2.28. The van der Waals surface area contributed by atoms with Crippen LogP contribution >= 0.6 is 12.2 Å². The number of H-pyrrole nitrogens is 1. The van der Waals surface area contributed by atoms with E-state index in [1.165, 1.54) is 4.68 Å². The van der Waals surface area contributed by atoms with Crippen molar-refractivity contribution < 1.29 is 18.3 Å². The van der Waals surface area contributed by atoms with E-state index in [-0.39, 0.29) is 11.9 Å². The van der Waals surface area contributed by atoms with Gasteiger partial charge in [0.15, 0.2) is 5.82 Å². The van der Waals surface area contributed by atoms with E-state index in [0.717, 1.165) is 18.4 Å². The van der Waals surface area contributed by atoms with Gasteiger partial charge in [-0.1, -0.05) is 0 Å². The highest BCUT2D eigenvalue weighted by molar-refractivity contribution is 7.71. The highest BCUT2D eigenvalue weighted by Gasteiger charge is 2.23. The van der Waals surface area contributed by atoms with Crippen molar-refractivity contribution in [1.29, 1.82) is 0 Å². The predicted octanol–water partition coefficient (Wildman–Crippen LogP) is 3.89. The third kappa shape index (κ3) is 3.93. The first kappa shape index (κ1) is 17.7. The molecular weight excluding hydrogens is 350 g/mol. The number of ether oxygens (including phenoxy) is 2. The Hall–Kier alpha value is -2.13. The maximum absolute atomic E-state index is 12.5. The largest absolute Gasteiger partial charge is 0.434 e. The molecule has 2 heterocycles. The minimum absolute atomic E-state index is 0.129. The molecule has 1 N–H and O–H groups in total. The smallest absolute Gasteiger partial charge is 0.387 e. The highest BCUT2D eigenvalue weighted by atomic mass is 32.1. The molecule has 0 amide bonds. The molecule has 0 unspecified atom stereocenters. The van der Waals surface area contributed by atoms with E-state index in [9.17, 15) is 8.78 Å². The van der Waals surface area contributed by atoms with Gasteiger partial charge in [-0.05, 0) is 67.7 Å². The quantitative estimate of drug-likeness (QED) is 0.642. The Bertz CT molecular complexity index is 818. The van der Waals surface area contributed by atoms with Gasteiger partial charge in [-0.25, -0.2) is 0 Å². The molecule has 2 aromatic rings. The number of alkyl halides is 2. The molecule has 1 saturated heterocycles. The van der Waals surface area contributed by atoms with Crippen LogP contribution in [0.1, 0.15) is 41.5 Å². The van der Waals surface area contributed by atoms with Crippen LogP contribution in [0, 0.1) is 18.6 Å². The lowest BCUT2D eigenvalue weighted by Crippen LogP contribution is -2.06. The maximum Gasteiger partial charge on any atom is 0.387 e. The summed E-state index contributed by atoms with van der Waals surface area (Å²) in [7, 11) is 0. The van der Waals surface area contributed by atoms with Gasteiger partial charge in [0, 0.05) is 6.61 Å². The van der Waals surface area contributed by atoms with Crippen LogP contribution in [0.3, 0.4) is 0 Å². The first-order valence-corrected chi connectivity index (χ1v) is 8.26. The van der Waals surface area contributed by atoms with E-state index in [0.29, 0.717) is 28.3 Å². The third-order valence-corrected chi connectivity index (χ3v) is 4.17. The Morgan fingerprint density at radius 2 is 2.16 bits per heavy atom. The summed E-state index contributed by atoms with van der Waals surface area (Å²) in [5.41, 5.74) is 1.96. The van der Waals surface area contributed by atoms with Gasteiger partial charge in [0.25, 0.3) is 0 Å². The number of aryl methyl sites for hydroxylation is 2. The second-order valence-corrected chi connectivity index (χ2v) is 6.19. The molecule has 1 atom stereocenters. The Labute approximate surface area is 148 Å². The van der Waals surface area contributed by atoms with E-state index in [2.05, 4.69) is 20.0 Å². The molecule has 25 heavy (non-hydrogen) atoms. The van der Waals surface area contributed by atoms with Crippen molar-refractivity contribution in [2.24, 2.45) is 5.10 Å². The van der Waals surface area contributed by atoms with E-state index < -0.39 is 6.61 Å². The molecule has 0 spiro atoms. The van der Waals surface area contributed by atoms with Gasteiger partial charge in [-0.15, -0.1) is 0 Å². The second kappa shape index (κ2) is 7.40. The van der Waals surface area contributed by atoms with Crippen molar-refractivity contribution >= 4 is 18.4 Å². The molecule has 1 fully saturated rings. The molecule has 1 aromatic heterocycles. The zero-order valence-corrected chi connectivity index (χ0v) is 14.6. The van der Waals surface area contributed by atoms with Crippen LogP contribution in [0.2, 0.25) is 0 Å². The van der Waals surface area contributed by atoms with E-state index in [4.69, 9.17) is 17.0 Å². The van der Waals surface area contributed by atoms with Gasteiger partial charge in [0.1, 0.15) is 11.9 Å². The number of nitrogens with zero attached hydrogens (tertiary/aromatic N) is 3. The Kier molecular flexibility index (Phi) is 5.24. The predicted molar refractivity (Wildman–Crippen MR) is 90.9 cm³/mol. The second-order valence-electron chi connectivity index (χ2n) is 5.81. The summed E-state index contributed by atoms with van der Waals surface area (Å²) in [4.78, 5) is 0. The zero-order chi connectivity index (χ0) is 18.0. The fraction of sp³-hybridized carbons (Fsp3) is 0.438. The van der Waals surface area contributed by atoms with Crippen molar-refractivity contribution in [2.45, 2.75) is 39.4 Å². The van der Waals surface area contributed by atoms with Crippen LogP contribution in [0.4, 0.5) is 8.78 Å². The molecular formula is C16H18F2N4O2S. The van der Waals surface area contributed by atoms with Crippen LogP contribution in [-0.4, -0.2) is 34.3 Å². The number of rotatable bonds is 5. The van der Waals surface area contributed by atoms with Gasteiger partial charge < -0.3 is 9.47 Å². The summed E-state index contributed by atoms with van der Waals surface area (Å²) in [6.45, 7) is 1.26. The summed E-state index contributed by atoms with van der Waals surface area (Å²) in [5, 5.41) is 11.3. The Morgan fingerprint density at radius 3 is 2.76 bits per heavy atom. The zero-order valence-electron chi connectivity index (χ0n) is 13.8. The van der Waals surface area contributed by atoms with Gasteiger partial charge in [0.2, 0.25) is 4.77 Å². The van der Waals surface area contributed by atoms with Gasteiger partial charge in [-0.3, -0.25) is 5.10 Å². The third-order valence-electron chi connectivity index (χ3n) is 3.91. The molecule has 0 bridgehead atoms. The summed E-state index contributed by atoms with van der Waals surface area (Å²) in [6.07, 6.45) is 3.32. The fourth-order valence-electron chi connectivity index (χ4n) is 2.86. The molecule has 3 rings (SSSR count). The molecule has 9 heteroatoms. The van der Waals surface area contributed by atoms with Gasteiger partial charge >= 0.3 is 6.61 Å². The Balaban J connectivity index is 1.88. The van der Waals surface area contributed by atoms with Gasteiger partial charge in [-0.2, -0.15) is 23.7 Å². The van der Waals surface area contributed by atoms with E-state index >= 15 is 0 Å². The number of halogens is 2. The maximum atomic E-state index is 12.5. The molecule has 0 saturated carbocycles. The lowest BCUT2D eigenvalue weighted by atomic mass is 10.1. The number of aromatic amines is 1.